The van der Waals surface area contributed by atoms with Crippen LogP contribution in [0.25, 0.3) is 0 Å². The van der Waals surface area contributed by atoms with E-state index in [4.69, 9.17) is 0 Å². The number of nitrogens with zero attached hydrogens (tertiary/aromatic N) is 3. The second kappa shape index (κ2) is 5.98. The van der Waals surface area contributed by atoms with Crippen molar-refractivity contribution in [2.45, 2.75) is 30.7 Å². The number of thiazole rings is 1. The van der Waals surface area contributed by atoms with Gasteiger partial charge in [0.1, 0.15) is 5.69 Å². The van der Waals surface area contributed by atoms with Crippen LogP contribution in [0.5, 0.6) is 0 Å². The van der Waals surface area contributed by atoms with E-state index in [1.54, 1.807) is 23.3 Å². The van der Waals surface area contributed by atoms with Crippen LogP contribution < -0.4 is 5.32 Å². The molecule has 4 heterocycles. The third-order valence-electron chi connectivity index (χ3n) is 5.07. The Balaban J connectivity index is 1.44. The number of likely N-dealkylation sites (tertiary alicyclic amines) is 1. The van der Waals surface area contributed by atoms with Gasteiger partial charge in [0.05, 0.1) is 11.4 Å². The second-order valence-electron chi connectivity index (χ2n) is 6.47. The van der Waals surface area contributed by atoms with Crippen molar-refractivity contribution in [1.29, 1.82) is 0 Å². The molecule has 1 spiro atoms. The molecule has 0 radical (unpaired) electrons. The lowest BCUT2D eigenvalue weighted by atomic mass is 9.82. The molecule has 1 atom stereocenters. The zero-order valence-corrected chi connectivity index (χ0v) is 14.0. The van der Waals surface area contributed by atoms with E-state index in [2.05, 4.69) is 15.3 Å². The molecule has 124 valence electrons. The van der Waals surface area contributed by atoms with Crippen molar-refractivity contribution >= 4 is 23.2 Å². The first kappa shape index (κ1) is 15.3. The fourth-order valence-corrected chi connectivity index (χ4v) is 4.22. The van der Waals surface area contributed by atoms with Crippen molar-refractivity contribution < 1.29 is 9.59 Å². The number of hydrogen-bond donors (Lipinski definition) is 1. The van der Waals surface area contributed by atoms with E-state index < -0.39 is 0 Å². The molecular weight excluding hydrogens is 324 g/mol. The summed E-state index contributed by atoms with van der Waals surface area (Å²) in [5.74, 6) is -0.0459. The van der Waals surface area contributed by atoms with Crippen LogP contribution in [0.2, 0.25) is 0 Å². The van der Waals surface area contributed by atoms with Crippen molar-refractivity contribution in [3.8, 4) is 0 Å². The Bertz CT molecular complexity index is 739. The molecule has 2 aliphatic rings. The quantitative estimate of drug-likeness (QED) is 0.903. The highest BCUT2D eigenvalue weighted by Gasteiger charge is 2.46. The molecule has 24 heavy (non-hydrogen) atoms. The van der Waals surface area contributed by atoms with Crippen LogP contribution in [0.3, 0.4) is 0 Å². The van der Waals surface area contributed by atoms with Crippen LogP contribution >= 0.6 is 11.3 Å². The molecule has 1 N–H and O–H groups in total. The topological polar surface area (TPSA) is 75.2 Å². The van der Waals surface area contributed by atoms with Crippen molar-refractivity contribution in [1.82, 2.24) is 20.2 Å². The summed E-state index contributed by atoms with van der Waals surface area (Å²) in [4.78, 5) is 34.8. The van der Waals surface area contributed by atoms with Gasteiger partial charge < -0.3 is 10.2 Å². The molecule has 6 nitrogen and oxygen atoms in total. The van der Waals surface area contributed by atoms with E-state index in [1.807, 2.05) is 17.0 Å². The second-order valence-corrected chi connectivity index (χ2v) is 7.19. The minimum Gasteiger partial charge on any atom is -0.350 e. The molecule has 0 unspecified atom stereocenters. The maximum absolute atomic E-state index is 12.4. The Labute approximate surface area is 143 Å². The van der Waals surface area contributed by atoms with Gasteiger partial charge in [-0.05, 0) is 37.0 Å². The number of pyridine rings is 1. The molecule has 4 rings (SSSR count). The van der Waals surface area contributed by atoms with Gasteiger partial charge in [-0.1, -0.05) is 0 Å². The Kier molecular flexibility index (Phi) is 3.80. The predicted octanol–water partition coefficient (Wildman–Crippen LogP) is 1.82. The van der Waals surface area contributed by atoms with Crippen LogP contribution in [-0.2, 0) is 4.79 Å². The number of hydrogen-bond acceptors (Lipinski definition) is 5. The number of carbonyl (C=O) groups excluding carboxylic acids is 2. The summed E-state index contributed by atoms with van der Waals surface area (Å²) < 4.78 is 0. The lowest BCUT2D eigenvalue weighted by Gasteiger charge is -2.39. The molecule has 0 aromatic carbocycles. The first-order valence-corrected chi connectivity index (χ1v) is 9.01. The summed E-state index contributed by atoms with van der Waals surface area (Å²) in [6.45, 7) is 1.30. The lowest BCUT2D eigenvalue weighted by Crippen LogP contribution is -2.52. The van der Waals surface area contributed by atoms with Crippen molar-refractivity contribution in [3.05, 3.63) is 46.7 Å². The molecule has 2 amide bonds. The summed E-state index contributed by atoms with van der Waals surface area (Å²) in [6.07, 6.45) is 5.81. The zero-order valence-electron chi connectivity index (χ0n) is 13.1. The Morgan fingerprint density at radius 1 is 1.29 bits per heavy atom. The number of rotatable bonds is 2. The van der Waals surface area contributed by atoms with E-state index >= 15 is 0 Å². The highest BCUT2D eigenvalue weighted by atomic mass is 32.1. The van der Waals surface area contributed by atoms with Gasteiger partial charge >= 0.3 is 0 Å². The van der Waals surface area contributed by atoms with Crippen LogP contribution in [0.15, 0.2) is 35.4 Å². The maximum atomic E-state index is 12.4. The van der Waals surface area contributed by atoms with Gasteiger partial charge in [0.15, 0.2) is 0 Å². The fraction of sp³-hybridized carbons (Fsp3) is 0.412. The number of amides is 2. The van der Waals surface area contributed by atoms with Crippen molar-refractivity contribution in [2.24, 2.45) is 0 Å². The van der Waals surface area contributed by atoms with Gasteiger partial charge in [0.2, 0.25) is 5.91 Å². The molecule has 0 saturated carbocycles. The molecule has 2 saturated heterocycles. The number of aromatic nitrogens is 2. The third-order valence-corrected chi connectivity index (χ3v) is 5.65. The molecule has 7 heteroatoms. The largest absolute Gasteiger partial charge is 0.350 e. The first-order chi connectivity index (χ1) is 11.7. The molecule has 2 fully saturated rings. The van der Waals surface area contributed by atoms with Gasteiger partial charge in [-0.25, -0.2) is 4.98 Å². The van der Waals surface area contributed by atoms with E-state index in [0.717, 1.165) is 24.8 Å². The highest BCUT2D eigenvalue weighted by molar-refractivity contribution is 7.07. The van der Waals surface area contributed by atoms with Crippen LogP contribution in [0.4, 0.5) is 0 Å². The van der Waals surface area contributed by atoms with E-state index in [-0.39, 0.29) is 23.3 Å². The smallest absolute Gasteiger partial charge is 0.273 e. The molecule has 0 bridgehead atoms. The predicted molar refractivity (Wildman–Crippen MR) is 89.7 cm³/mol. The molecule has 2 aromatic rings. The van der Waals surface area contributed by atoms with Crippen molar-refractivity contribution in [3.63, 3.8) is 0 Å². The van der Waals surface area contributed by atoms with Crippen molar-refractivity contribution in [2.75, 3.05) is 13.1 Å². The normalized spacial score (nSPS) is 22.6. The SMILES string of the molecule is O=C1NC2(CCN(C(=O)c3cscn3)CC2)C[C@@H]1c1ccncc1. The number of carbonyl (C=O) groups is 2. The van der Waals surface area contributed by atoms with Gasteiger partial charge in [-0.2, -0.15) is 0 Å². The summed E-state index contributed by atoms with van der Waals surface area (Å²) in [5, 5.41) is 4.98. The van der Waals surface area contributed by atoms with E-state index in [0.29, 0.717) is 18.8 Å². The molecular formula is C17H18N4O2S. The van der Waals surface area contributed by atoms with Gasteiger partial charge in [-0.15, -0.1) is 11.3 Å². The summed E-state index contributed by atoms with van der Waals surface area (Å²) in [7, 11) is 0. The van der Waals surface area contributed by atoms with E-state index in [9.17, 15) is 9.59 Å². The zero-order chi connectivity index (χ0) is 16.6. The minimum absolute atomic E-state index is 0.0129. The Morgan fingerprint density at radius 2 is 2.04 bits per heavy atom. The number of nitrogens with one attached hydrogen (secondary N) is 1. The average Bonchev–Trinajstić information content (AvgIpc) is 3.25. The summed E-state index contributed by atoms with van der Waals surface area (Å²) >= 11 is 1.43. The van der Waals surface area contributed by atoms with Gasteiger partial charge in [0, 0.05) is 36.4 Å². The highest BCUT2D eigenvalue weighted by Crippen LogP contribution is 2.39. The first-order valence-electron chi connectivity index (χ1n) is 8.06. The lowest BCUT2D eigenvalue weighted by molar-refractivity contribution is -0.121. The van der Waals surface area contributed by atoms with Gasteiger partial charge in [-0.3, -0.25) is 14.6 Å². The summed E-state index contributed by atoms with van der Waals surface area (Å²) in [6, 6.07) is 3.81. The third kappa shape index (κ3) is 2.69. The standard InChI is InChI=1S/C17H18N4O2S/c22-15-13(12-1-5-18-6-2-12)9-17(20-15)3-7-21(8-4-17)16(23)14-10-24-11-19-14/h1-2,5-6,10-11,13H,3-4,7-9H2,(H,20,22)/t13-/m1/s1. The molecule has 2 aromatic heterocycles. The number of piperidine rings is 1. The fourth-order valence-electron chi connectivity index (χ4n) is 3.70. The summed E-state index contributed by atoms with van der Waals surface area (Å²) in [5.41, 5.74) is 3.01. The van der Waals surface area contributed by atoms with E-state index in [1.165, 1.54) is 11.3 Å². The molecule has 2 aliphatic heterocycles. The van der Waals surface area contributed by atoms with Crippen LogP contribution in [0.1, 0.15) is 41.2 Å². The maximum Gasteiger partial charge on any atom is 0.273 e. The van der Waals surface area contributed by atoms with Crippen LogP contribution in [0, 0.1) is 0 Å². The Hall–Kier alpha value is -2.28. The average molecular weight is 342 g/mol. The Morgan fingerprint density at radius 3 is 2.71 bits per heavy atom. The van der Waals surface area contributed by atoms with Gasteiger partial charge in [0.25, 0.3) is 5.91 Å². The van der Waals surface area contributed by atoms with Crippen LogP contribution in [-0.4, -0.2) is 45.3 Å². The monoisotopic (exact) mass is 342 g/mol. The molecule has 0 aliphatic carbocycles. The minimum atomic E-state index is -0.191.